The van der Waals surface area contributed by atoms with Crippen LogP contribution in [0.2, 0.25) is 5.02 Å². The van der Waals surface area contributed by atoms with Crippen molar-refractivity contribution in [2.75, 3.05) is 31.9 Å². The Kier molecular flexibility index (Phi) is 8.55. The lowest BCUT2D eigenvalue weighted by Gasteiger charge is -2.17. The molecule has 4 heteroatoms. The second-order valence-electron chi connectivity index (χ2n) is 4.42. The smallest absolute Gasteiger partial charge is 0.0545 e. The molecule has 1 N–H and O–H groups in total. The van der Waals surface area contributed by atoms with Crippen molar-refractivity contribution in [2.45, 2.75) is 32.2 Å². The number of nitrogens with zero attached hydrogens (tertiary/aromatic N) is 1. The van der Waals surface area contributed by atoms with Gasteiger partial charge in [0.1, 0.15) is 0 Å². The lowest BCUT2D eigenvalue weighted by atomic mass is 10.2. The Balaban J connectivity index is 2.46. The molecule has 0 aromatic heterocycles. The largest absolute Gasteiger partial charge is 0.313 e. The molecule has 0 fully saturated rings. The van der Waals surface area contributed by atoms with Gasteiger partial charge in [0.25, 0.3) is 0 Å². The molecule has 0 spiro atoms. The van der Waals surface area contributed by atoms with Gasteiger partial charge in [-0.3, -0.25) is 0 Å². The maximum atomic E-state index is 6.33. The number of thioether (sulfide) groups is 1. The third-order valence-corrected chi connectivity index (χ3v) is 4.61. The van der Waals surface area contributed by atoms with Crippen molar-refractivity contribution in [2.24, 2.45) is 0 Å². The van der Waals surface area contributed by atoms with Crippen LogP contribution in [0.4, 0.5) is 0 Å². The SMILES string of the molecule is CCNCc1ccc(SCCN(CC)CC)c(Cl)c1. The van der Waals surface area contributed by atoms with Crippen LogP contribution in [-0.2, 0) is 6.54 Å². The van der Waals surface area contributed by atoms with E-state index >= 15 is 0 Å². The molecule has 0 aliphatic rings. The summed E-state index contributed by atoms with van der Waals surface area (Å²) in [7, 11) is 0. The fraction of sp³-hybridized carbons (Fsp3) is 0.600. The van der Waals surface area contributed by atoms with Crippen LogP contribution in [0, 0.1) is 0 Å². The number of halogens is 1. The fourth-order valence-electron chi connectivity index (χ4n) is 1.87. The first-order valence-corrected chi connectivity index (χ1v) is 8.41. The van der Waals surface area contributed by atoms with Gasteiger partial charge in [0.05, 0.1) is 5.02 Å². The van der Waals surface area contributed by atoms with Crippen molar-refractivity contribution in [3.05, 3.63) is 28.8 Å². The second kappa shape index (κ2) is 9.65. The number of hydrogen-bond donors (Lipinski definition) is 1. The van der Waals surface area contributed by atoms with E-state index in [1.54, 1.807) is 0 Å². The Labute approximate surface area is 126 Å². The lowest BCUT2D eigenvalue weighted by Crippen LogP contribution is -2.25. The molecule has 0 atom stereocenters. The van der Waals surface area contributed by atoms with E-state index < -0.39 is 0 Å². The number of benzene rings is 1. The summed E-state index contributed by atoms with van der Waals surface area (Å²) in [4.78, 5) is 3.62. The molecule has 0 saturated heterocycles. The first-order valence-electron chi connectivity index (χ1n) is 7.05. The molecule has 0 unspecified atom stereocenters. The van der Waals surface area contributed by atoms with Gasteiger partial charge >= 0.3 is 0 Å². The highest BCUT2D eigenvalue weighted by Gasteiger charge is 2.04. The summed E-state index contributed by atoms with van der Waals surface area (Å²) >= 11 is 8.17. The van der Waals surface area contributed by atoms with E-state index in [2.05, 4.69) is 49.2 Å². The third kappa shape index (κ3) is 6.17. The van der Waals surface area contributed by atoms with Crippen LogP contribution in [0.1, 0.15) is 26.3 Å². The molecule has 0 saturated carbocycles. The van der Waals surface area contributed by atoms with Crippen LogP contribution in [-0.4, -0.2) is 36.8 Å². The molecule has 0 bridgehead atoms. The molecule has 1 rings (SSSR count). The molecular formula is C15H25ClN2S. The van der Waals surface area contributed by atoms with E-state index in [-0.39, 0.29) is 0 Å². The Bertz CT molecular complexity index is 367. The summed E-state index contributed by atoms with van der Waals surface area (Å²) in [6.45, 7) is 11.7. The van der Waals surface area contributed by atoms with Crippen LogP contribution >= 0.6 is 23.4 Å². The Morgan fingerprint density at radius 1 is 1.21 bits per heavy atom. The van der Waals surface area contributed by atoms with Gasteiger partial charge in [-0.05, 0) is 37.3 Å². The third-order valence-electron chi connectivity index (χ3n) is 3.13. The standard InChI is InChI=1S/C15H25ClN2S/c1-4-17-12-13-7-8-15(14(16)11-13)19-10-9-18(5-2)6-3/h7-8,11,17H,4-6,9-10,12H2,1-3H3. The van der Waals surface area contributed by atoms with E-state index in [0.29, 0.717) is 0 Å². The average Bonchev–Trinajstić information content (AvgIpc) is 2.43. The molecule has 0 aliphatic carbocycles. The van der Waals surface area contributed by atoms with E-state index in [0.717, 1.165) is 43.5 Å². The van der Waals surface area contributed by atoms with Crippen LogP contribution < -0.4 is 5.32 Å². The molecule has 0 aliphatic heterocycles. The quantitative estimate of drug-likeness (QED) is 0.697. The molecule has 0 radical (unpaired) electrons. The van der Waals surface area contributed by atoms with Crippen molar-refractivity contribution in [3.63, 3.8) is 0 Å². The maximum Gasteiger partial charge on any atom is 0.0545 e. The van der Waals surface area contributed by atoms with Gasteiger partial charge < -0.3 is 10.2 Å². The average molecular weight is 301 g/mol. The van der Waals surface area contributed by atoms with Crippen LogP contribution in [0.25, 0.3) is 0 Å². The van der Waals surface area contributed by atoms with Crippen LogP contribution in [0.5, 0.6) is 0 Å². The summed E-state index contributed by atoms with van der Waals surface area (Å²) in [5, 5.41) is 4.19. The molecule has 1 aromatic rings. The minimum Gasteiger partial charge on any atom is -0.313 e. The highest BCUT2D eigenvalue weighted by molar-refractivity contribution is 7.99. The van der Waals surface area contributed by atoms with Gasteiger partial charge in [-0.2, -0.15) is 0 Å². The number of nitrogens with one attached hydrogen (secondary N) is 1. The summed E-state index contributed by atoms with van der Waals surface area (Å²) < 4.78 is 0. The zero-order chi connectivity index (χ0) is 14.1. The van der Waals surface area contributed by atoms with E-state index in [1.807, 2.05) is 11.8 Å². The van der Waals surface area contributed by atoms with Gasteiger partial charge in [0.2, 0.25) is 0 Å². The van der Waals surface area contributed by atoms with E-state index in [1.165, 1.54) is 10.5 Å². The molecule has 0 heterocycles. The van der Waals surface area contributed by atoms with Gasteiger partial charge in [-0.1, -0.05) is 38.4 Å². The Morgan fingerprint density at radius 3 is 2.53 bits per heavy atom. The first kappa shape index (κ1) is 16.8. The zero-order valence-electron chi connectivity index (χ0n) is 12.2. The lowest BCUT2D eigenvalue weighted by molar-refractivity contribution is 0.324. The van der Waals surface area contributed by atoms with Gasteiger partial charge in [0.15, 0.2) is 0 Å². The summed E-state index contributed by atoms with van der Waals surface area (Å²) in [6.07, 6.45) is 0. The fourth-order valence-corrected chi connectivity index (χ4v) is 3.16. The summed E-state index contributed by atoms with van der Waals surface area (Å²) in [5.74, 6) is 1.09. The Morgan fingerprint density at radius 2 is 1.95 bits per heavy atom. The molecule has 0 amide bonds. The van der Waals surface area contributed by atoms with Crippen molar-refractivity contribution in [3.8, 4) is 0 Å². The van der Waals surface area contributed by atoms with E-state index in [4.69, 9.17) is 11.6 Å². The number of hydrogen-bond acceptors (Lipinski definition) is 3. The molecular weight excluding hydrogens is 276 g/mol. The van der Waals surface area contributed by atoms with E-state index in [9.17, 15) is 0 Å². The second-order valence-corrected chi connectivity index (χ2v) is 5.96. The normalized spacial score (nSPS) is 11.2. The van der Waals surface area contributed by atoms with Gasteiger partial charge in [-0.15, -0.1) is 11.8 Å². The highest BCUT2D eigenvalue weighted by Crippen LogP contribution is 2.28. The molecule has 108 valence electrons. The first-order chi connectivity index (χ1) is 9.21. The van der Waals surface area contributed by atoms with Gasteiger partial charge in [-0.25, -0.2) is 0 Å². The van der Waals surface area contributed by atoms with Gasteiger partial charge in [0, 0.05) is 23.7 Å². The minimum absolute atomic E-state index is 0.875. The number of rotatable bonds is 9. The predicted octanol–water partition coefficient (Wildman–Crippen LogP) is 3.88. The van der Waals surface area contributed by atoms with Crippen molar-refractivity contribution < 1.29 is 0 Å². The van der Waals surface area contributed by atoms with Crippen molar-refractivity contribution in [1.29, 1.82) is 0 Å². The molecule has 2 nitrogen and oxygen atoms in total. The Hall–Kier alpha value is -0.220. The monoisotopic (exact) mass is 300 g/mol. The van der Waals surface area contributed by atoms with Crippen molar-refractivity contribution in [1.82, 2.24) is 10.2 Å². The zero-order valence-corrected chi connectivity index (χ0v) is 13.8. The van der Waals surface area contributed by atoms with Crippen molar-refractivity contribution >= 4 is 23.4 Å². The highest BCUT2D eigenvalue weighted by atomic mass is 35.5. The molecule has 1 aromatic carbocycles. The van der Waals surface area contributed by atoms with Crippen LogP contribution in [0.3, 0.4) is 0 Å². The maximum absolute atomic E-state index is 6.33. The van der Waals surface area contributed by atoms with Crippen LogP contribution in [0.15, 0.2) is 23.1 Å². The predicted molar refractivity (Wildman–Crippen MR) is 87.3 cm³/mol. The summed E-state index contributed by atoms with van der Waals surface area (Å²) in [5.41, 5.74) is 1.25. The minimum atomic E-state index is 0.875. The molecule has 19 heavy (non-hydrogen) atoms. The summed E-state index contributed by atoms with van der Waals surface area (Å²) in [6, 6.07) is 6.38. The topological polar surface area (TPSA) is 15.3 Å².